The minimum atomic E-state index is -2.50. The molecule has 5 nitrogen and oxygen atoms in total. The van der Waals surface area contributed by atoms with Gasteiger partial charge in [-0.2, -0.15) is 10.4 Å². The summed E-state index contributed by atoms with van der Waals surface area (Å²) in [5, 5.41) is 14.9. The van der Waals surface area contributed by atoms with Crippen molar-refractivity contribution >= 4 is 11.6 Å². The topological polar surface area (TPSA) is 70.7 Å². The third-order valence-corrected chi connectivity index (χ3v) is 2.49. The molecule has 20 heavy (non-hydrogen) atoms. The van der Waals surface area contributed by atoms with E-state index >= 15 is 0 Å². The Balaban J connectivity index is 2.03. The van der Waals surface area contributed by atoms with Gasteiger partial charge in [0.05, 0.1) is 23.5 Å². The van der Waals surface area contributed by atoms with E-state index in [1.165, 1.54) is 36.7 Å². The summed E-state index contributed by atoms with van der Waals surface area (Å²) in [4.78, 5) is 11.9. The van der Waals surface area contributed by atoms with Gasteiger partial charge in [0, 0.05) is 11.8 Å². The van der Waals surface area contributed by atoms with Gasteiger partial charge in [-0.3, -0.25) is 9.48 Å². The van der Waals surface area contributed by atoms with E-state index in [0.717, 1.165) is 4.68 Å². The van der Waals surface area contributed by atoms with Gasteiger partial charge in [-0.15, -0.1) is 0 Å². The molecule has 2 rings (SSSR count). The monoisotopic (exact) mass is 276 g/mol. The Morgan fingerprint density at radius 1 is 1.40 bits per heavy atom. The van der Waals surface area contributed by atoms with Crippen LogP contribution in [0.1, 0.15) is 15.9 Å². The number of hydrogen-bond donors (Lipinski definition) is 1. The number of halogens is 2. The van der Waals surface area contributed by atoms with E-state index in [1.807, 2.05) is 6.07 Å². The van der Waals surface area contributed by atoms with Crippen LogP contribution in [0.25, 0.3) is 0 Å². The molecule has 0 saturated heterocycles. The molecule has 1 N–H and O–H groups in total. The summed E-state index contributed by atoms with van der Waals surface area (Å²) in [5.41, 5.74) is 1.15. The number of anilines is 1. The molecule has 0 aliphatic rings. The fraction of sp³-hybridized carbons (Fsp3) is 0.154. The highest BCUT2D eigenvalue weighted by Crippen LogP contribution is 2.10. The van der Waals surface area contributed by atoms with Crippen LogP contribution in [0.3, 0.4) is 0 Å². The molecule has 0 aliphatic heterocycles. The molecule has 0 bridgehead atoms. The lowest BCUT2D eigenvalue weighted by molar-refractivity contribution is 0.102. The number of nitriles is 1. The summed E-state index contributed by atoms with van der Waals surface area (Å²) in [6.07, 6.45) is 0.120. The van der Waals surface area contributed by atoms with Crippen molar-refractivity contribution in [2.24, 2.45) is 0 Å². The highest BCUT2D eigenvalue weighted by molar-refractivity contribution is 6.04. The van der Waals surface area contributed by atoms with Gasteiger partial charge in [0.25, 0.3) is 12.3 Å². The Hall–Kier alpha value is -2.75. The zero-order valence-electron chi connectivity index (χ0n) is 10.3. The third-order valence-electron chi connectivity index (χ3n) is 2.49. The Bertz CT molecular complexity index is 643. The van der Waals surface area contributed by atoms with Gasteiger partial charge in [-0.1, -0.05) is 0 Å². The summed E-state index contributed by atoms with van der Waals surface area (Å²) in [6, 6.07) is 8.02. The number of aromatic nitrogens is 2. The van der Waals surface area contributed by atoms with Crippen LogP contribution >= 0.6 is 0 Å². The smallest absolute Gasteiger partial charge is 0.257 e. The molecular formula is C13H10F2N4O. The van der Waals surface area contributed by atoms with Crippen LogP contribution in [0.15, 0.2) is 36.7 Å². The molecule has 0 spiro atoms. The second-order valence-corrected chi connectivity index (χ2v) is 3.99. The van der Waals surface area contributed by atoms with Gasteiger partial charge in [0.15, 0.2) is 0 Å². The number of benzene rings is 1. The second kappa shape index (κ2) is 5.93. The van der Waals surface area contributed by atoms with E-state index in [0.29, 0.717) is 16.8 Å². The van der Waals surface area contributed by atoms with Crippen molar-refractivity contribution in [3.05, 3.63) is 47.8 Å². The van der Waals surface area contributed by atoms with Crippen molar-refractivity contribution in [2.75, 3.05) is 5.32 Å². The van der Waals surface area contributed by atoms with Crippen molar-refractivity contribution in [2.45, 2.75) is 13.0 Å². The number of rotatable bonds is 4. The molecule has 0 atom stereocenters. The Morgan fingerprint density at radius 2 is 2.10 bits per heavy atom. The maximum Gasteiger partial charge on any atom is 0.257 e. The van der Waals surface area contributed by atoms with Gasteiger partial charge in [0.1, 0.15) is 6.54 Å². The average Bonchev–Trinajstić information content (AvgIpc) is 2.85. The van der Waals surface area contributed by atoms with E-state index in [9.17, 15) is 13.6 Å². The molecule has 0 radical (unpaired) electrons. The van der Waals surface area contributed by atoms with E-state index in [4.69, 9.17) is 5.26 Å². The minimum absolute atomic E-state index is 0.333. The molecule has 0 saturated carbocycles. The minimum Gasteiger partial charge on any atom is -0.319 e. The number of carbonyl (C=O) groups excluding carboxylic acids is 1. The molecule has 102 valence electrons. The van der Waals surface area contributed by atoms with E-state index in [1.54, 1.807) is 0 Å². The van der Waals surface area contributed by atoms with E-state index in [2.05, 4.69) is 10.4 Å². The normalized spacial score (nSPS) is 10.3. The predicted molar refractivity (Wildman–Crippen MR) is 67.3 cm³/mol. The molecule has 1 aromatic heterocycles. The lowest BCUT2D eigenvalue weighted by atomic mass is 10.1. The van der Waals surface area contributed by atoms with Crippen molar-refractivity contribution in [3.8, 4) is 6.07 Å². The molecule has 1 heterocycles. The molecule has 0 aliphatic carbocycles. The quantitative estimate of drug-likeness (QED) is 0.931. The molecule has 1 aromatic carbocycles. The highest BCUT2D eigenvalue weighted by atomic mass is 19.3. The van der Waals surface area contributed by atoms with Gasteiger partial charge in [0.2, 0.25) is 0 Å². The molecular weight excluding hydrogens is 266 g/mol. The first-order chi connectivity index (χ1) is 9.58. The van der Waals surface area contributed by atoms with Crippen LogP contribution in [0.5, 0.6) is 0 Å². The third kappa shape index (κ3) is 3.38. The van der Waals surface area contributed by atoms with Crippen LogP contribution in [0.2, 0.25) is 0 Å². The molecule has 1 amide bonds. The number of alkyl halides is 2. The van der Waals surface area contributed by atoms with Crippen LogP contribution in [0, 0.1) is 11.3 Å². The van der Waals surface area contributed by atoms with Gasteiger partial charge in [-0.25, -0.2) is 8.78 Å². The zero-order valence-corrected chi connectivity index (χ0v) is 10.3. The van der Waals surface area contributed by atoms with Gasteiger partial charge in [-0.05, 0) is 24.3 Å². The molecule has 0 unspecified atom stereocenters. The van der Waals surface area contributed by atoms with Gasteiger partial charge < -0.3 is 5.32 Å². The molecule has 0 fully saturated rings. The Kier molecular flexibility index (Phi) is 4.05. The highest BCUT2D eigenvalue weighted by Gasteiger charge is 2.09. The maximum absolute atomic E-state index is 12.2. The van der Waals surface area contributed by atoms with E-state index < -0.39 is 18.9 Å². The SMILES string of the molecule is N#Cc1ccc(C(=O)Nc2cnn(CC(F)F)c2)cc1. The first-order valence-electron chi connectivity index (χ1n) is 5.70. The van der Waals surface area contributed by atoms with Crippen LogP contribution < -0.4 is 5.32 Å². The summed E-state index contributed by atoms with van der Waals surface area (Å²) in [7, 11) is 0. The Labute approximate surface area is 113 Å². The van der Waals surface area contributed by atoms with Crippen molar-refractivity contribution in [1.82, 2.24) is 9.78 Å². The summed E-state index contributed by atoms with van der Waals surface area (Å²) < 4.78 is 25.4. The number of nitrogens with one attached hydrogen (secondary N) is 1. The lowest BCUT2D eigenvalue weighted by Crippen LogP contribution is -2.11. The summed E-state index contributed by atoms with van der Waals surface area (Å²) in [5.74, 6) is -0.397. The predicted octanol–water partition coefficient (Wildman–Crippen LogP) is 2.27. The van der Waals surface area contributed by atoms with Crippen LogP contribution in [0.4, 0.5) is 14.5 Å². The zero-order chi connectivity index (χ0) is 14.5. The fourth-order valence-corrected chi connectivity index (χ4v) is 1.57. The largest absolute Gasteiger partial charge is 0.319 e. The van der Waals surface area contributed by atoms with Crippen molar-refractivity contribution in [3.63, 3.8) is 0 Å². The number of nitrogens with zero attached hydrogens (tertiary/aromatic N) is 3. The molecule has 7 heteroatoms. The number of amides is 1. The maximum atomic E-state index is 12.2. The van der Waals surface area contributed by atoms with E-state index in [-0.39, 0.29) is 0 Å². The second-order valence-electron chi connectivity index (χ2n) is 3.99. The summed E-state index contributed by atoms with van der Waals surface area (Å²) >= 11 is 0. The van der Waals surface area contributed by atoms with Gasteiger partial charge >= 0.3 is 0 Å². The van der Waals surface area contributed by atoms with Crippen LogP contribution in [-0.4, -0.2) is 22.1 Å². The summed E-state index contributed by atoms with van der Waals surface area (Å²) in [6.45, 7) is -0.521. The van der Waals surface area contributed by atoms with Crippen LogP contribution in [-0.2, 0) is 6.54 Å². The Morgan fingerprint density at radius 3 is 2.70 bits per heavy atom. The van der Waals surface area contributed by atoms with Crippen molar-refractivity contribution < 1.29 is 13.6 Å². The first kappa shape index (κ1) is 13.7. The number of carbonyl (C=O) groups is 1. The average molecular weight is 276 g/mol. The number of hydrogen-bond acceptors (Lipinski definition) is 3. The fourth-order valence-electron chi connectivity index (χ4n) is 1.57. The molecule has 2 aromatic rings. The van der Waals surface area contributed by atoms with Crippen molar-refractivity contribution in [1.29, 1.82) is 5.26 Å². The lowest BCUT2D eigenvalue weighted by Gasteiger charge is -2.02. The standard InChI is InChI=1S/C13H10F2N4O/c14-12(15)8-19-7-11(6-17-19)18-13(20)10-3-1-9(5-16)2-4-10/h1-4,6-7,12H,8H2,(H,18,20). The first-order valence-corrected chi connectivity index (χ1v) is 5.70.